The summed E-state index contributed by atoms with van der Waals surface area (Å²) in [6.07, 6.45) is 0. The summed E-state index contributed by atoms with van der Waals surface area (Å²) in [6, 6.07) is 0.0900. The zero-order valence-corrected chi connectivity index (χ0v) is 11.7. The molecule has 5 heteroatoms. The van der Waals surface area contributed by atoms with E-state index in [0.29, 0.717) is 13.2 Å². The summed E-state index contributed by atoms with van der Waals surface area (Å²) >= 11 is 0. The first-order valence-electron chi connectivity index (χ1n) is 6.31. The fraction of sp³-hybridized carbons (Fsp3) is 0.917. The van der Waals surface area contributed by atoms with Crippen molar-refractivity contribution in [1.82, 2.24) is 14.7 Å². The number of amides is 2. The monoisotopic (exact) mass is 243 g/mol. The van der Waals surface area contributed by atoms with Crippen LogP contribution in [0.1, 0.15) is 13.8 Å². The molecule has 0 aliphatic carbocycles. The van der Waals surface area contributed by atoms with E-state index in [2.05, 4.69) is 11.9 Å². The molecule has 0 radical (unpaired) electrons. The first-order chi connectivity index (χ1) is 8.02. The van der Waals surface area contributed by atoms with Crippen molar-refractivity contribution in [2.45, 2.75) is 19.4 Å². The van der Waals surface area contributed by atoms with Crippen molar-refractivity contribution in [3.05, 3.63) is 0 Å². The van der Waals surface area contributed by atoms with Crippen molar-refractivity contribution in [2.75, 3.05) is 53.9 Å². The SMILES string of the molecule is CC.CN1CC2(C1)CN(C(=O)N(C)C)CCO2. The van der Waals surface area contributed by atoms with Crippen molar-refractivity contribution in [3.8, 4) is 0 Å². The van der Waals surface area contributed by atoms with E-state index in [1.165, 1.54) is 0 Å². The van der Waals surface area contributed by atoms with Crippen LogP contribution in [0.5, 0.6) is 0 Å². The number of ether oxygens (including phenoxy) is 1. The summed E-state index contributed by atoms with van der Waals surface area (Å²) in [6.45, 7) is 7.97. The van der Waals surface area contributed by atoms with E-state index in [1.807, 2.05) is 18.7 Å². The number of urea groups is 1. The number of hydrogen-bond donors (Lipinski definition) is 0. The van der Waals surface area contributed by atoms with Gasteiger partial charge in [-0.05, 0) is 7.05 Å². The van der Waals surface area contributed by atoms with Crippen molar-refractivity contribution in [2.24, 2.45) is 0 Å². The molecule has 2 aliphatic rings. The second-order valence-electron chi connectivity index (χ2n) is 4.80. The molecule has 2 saturated heterocycles. The van der Waals surface area contributed by atoms with Crippen LogP contribution < -0.4 is 0 Å². The highest BCUT2D eigenvalue weighted by Crippen LogP contribution is 2.27. The van der Waals surface area contributed by atoms with Gasteiger partial charge in [-0.3, -0.25) is 0 Å². The number of hydrogen-bond acceptors (Lipinski definition) is 3. The fourth-order valence-electron chi connectivity index (χ4n) is 2.42. The van der Waals surface area contributed by atoms with Crippen LogP contribution in [-0.4, -0.2) is 80.3 Å². The van der Waals surface area contributed by atoms with E-state index >= 15 is 0 Å². The van der Waals surface area contributed by atoms with E-state index in [-0.39, 0.29) is 11.6 Å². The lowest BCUT2D eigenvalue weighted by Crippen LogP contribution is -2.70. The molecule has 5 nitrogen and oxygen atoms in total. The maximum Gasteiger partial charge on any atom is 0.319 e. The minimum absolute atomic E-state index is 0.0847. The van der Waals surface area contributed by atoms with E-state index < -0.39 is 0 Å². The van der Waals surface area contributed by atoms with Gasteiger partial charge in [0.1, 0.15) is 5.60 Å². The van der Waals surface area contributed by atoms with Crippen molar-refractivity contribution in [3.63, 3.8) is 0 Å². The molecular weight excluding hydrogens is 218 g/mol. The smallest absolute Gasteiger partial charge is 0.319 e. The second-order valence-corrected chi connectivity index (χ2v) is 4.80. The molecule has 0 unspecified atom stereocenters. The predicted octanol–water partition coefficient (Wildman–Crippen LogP) is 0.711. The molecule has 0 bridgehead atoms. The number of likely N-dealkylation sites (N-methyl/N-ethyl adjacent to an activating group) is 1. The summed E-state index contributed by atoms with van der Waals surface area (Å²) in [5.74, 6) is 0. The van der Waals surface area contributed by atoms with Gasteiger partial charge < -0.3 is 19.4 Å². The molecule has 2 fully saturated rings. The van der Waals surface area contributed by atoms with Crippen LogP contribution in [0.15, 0.2) is 0 Å². The van der Waals surface area contributed by atoms with Crippen LogP contribution in [0.25, 0.3) is 0 Å². The Hall–Kier alpha value is -0.810. The highest BCUT2D eigenvalue weighted by atomic mass is 16.5. The Bertz CT molecular complexity index is 257. The normalized spacial score (nSPS) is 22.5. The summed E-state index contributed by atoms with van der Waals surface area (Å²) in [7, 11) is 5.65. The van der Waals surface area contributed by atoms with Gasteiger partial charge in [-0.25, -0.2) is 4.79 Å². The number of carbonyl (C=O) groups excluding carboxylic acids is 1. The molecule has 0 N–H and O–H groups in total. The van der Waals surface area contributed by atoms with Gasteiger partial charge in [0, 0.05) is 33.7 Å². The average molecular weight is 243 g/mol. The third-order valence-corrected chi connectivity index (χ3v) is 3.02. The maximum absolute atomic E-state index is 11.8. The molecule has 100 valence electrons. The maximum atomic E-state index is 11.8. The Balaban J connectivity index is 0.000000686. The Kier molecular flexibility index (Phi) is 4.77. The van der Waals surface area contributed by atoms with Crippen LogP contribution >= 0.6 is 0 Å². The van der Waals surface area contributed by atoms with Crippen molar-refractivity contribution < 1.29 is 9.53 Å². The molecule has 0 atom stereocenters. The van der Waals surface area contributed by atoms with Gasteiger partial charge in [-0.1, -0.05) is 13.8 Å². The molecule has 1 spiro atoms. The van der Waals surface area contributed by atoms with Gasteiger partial charge in [0.05, 0.1) is 13.2 Å². The van der Waals surface area contributed by atoms with Crippen molar-refractivity contribution in [1.29, 1.82) is 0 Å². The number of nitrogens with zero attached hydrogens (tertiary/aromatic N) is 3. The molecule has 0 saturated carbocycles. The number of morpholine rings is 1. The average Bonchev–Trinajstić information content (AvgIpc) is 2.29. The van der Waals surface area contributed by atoms with Crippen LogP contribution in [0.4, 0.5) is 4.79 Å². The molecule has 0 aromatic rings. The van der Waals surface area contributed by atoms with E-state index in [9.17, 15) is 4.79 Å². The highest BCUT2D eigenvalue weighted by molar-refractivity contribution is 5.74. The number of rotatable bonds is 0. The van der Waals surface area contributed by atoms with Gasteiger partial charge >= 0.3 is 6.03 Å². The van der Waals surface area contributed by atoms with E-state index in [4.69, 9.17) is 4.74 Å². The largest absolute Gasteiger partial charge is 0.369 e. The number of carbonyl (C=O) groups is 1. The molecule has 2 rings (SSSR count). The second kappa shape index (κ2) is 5.69. The van der Waals surface area contributed by atoms with Crippen molar-refractivity contribution >= 4 is 6.03 Å². The molecule has 0 aromatic heterocycles. The lowest BCUT2D eigenvalue weighted by atomic mass is 9.93. The van der Waals surface area contributed by atoms with Gasteiger partial charge in [0.2, 0.25) is 0 Å². The predicted molar refractivity (Wildman–Crippen MR) is 68.2 cm³/mol. The van der Waals surface area contributed by atoms with E-state index in [1.54, 1.807) is 19.0 Å². The minimum Gasteiger partial charge on any atom is -0.369 e. The Morgan fingerprint density at radius 1 is 1.24 bits per heavy atom. The minimum atomic E-state index is -0.0847. The zero-order chi connectivity index (χ0) is 13.1. The molecule has 17 heavy (non-hydrogen) atoms. The third-order valence-electron chi connectivity index (χ3n) is 3.02. The fourth-order valence-corrected chi connectivity index (χ4v) is 2.42. The molecule has 2 amide bonds. The highest BCUT2D eigenvalue weighted by Gasteiger charge is 2.46. The van der Waals surface area contributed by atoms with Gasteiger partial charge in [0.15, 0.2) is 0 Å². The third kappa shape index (κ3) is 3.10. The molecule has 2 aliphatic heterocycles. The molecule has 0 aromatic carbocycles. The Morgan fingerprint density at radius 3 is 2.29 bits per heavy atom. The summed E-state index contributed by atoms with van der Waals surface area (Å²) < 4.78 is 5.78. The van der Waals surface area contributed by atoms with Crippen LogP contribution in [0.3, 0.4) is 0 Å². The van der Waals surface area contributed by atoms with E-state index in [0.717, 1.165) is 19.6 Å². The van der Waals surface area contributed by atoms with Crippen LogP contribution in [-0.2, 0) is 4.74 Å². The number of likely N-dealkylation sites (tertiary alicyclic amines) is 1. The lowest BCUT2D eigenvalue weighted by Gasteiger charge is -2.52. The molecule has 2 heterocycles. The summed E-state index contributed by atoms with van der Waals surface area (Å²) in [4.78, 5) is 17.5. The standard InChI is InChI=1S/C10H19N3O2.C2H6/c1-11(2)9(14)13-4-5-15-10(8-13)6-12(3)7-10;1-2/h4-8H2,1-3H3;1-2H3. The molecular formula is C12H25N3O2. The zero-order valence-electron chi connectivity index (χ0n) is 11.7. The van der Waals surface area contributed by atoms with Gasteiger partial charge in [-0.15, -0.1) is 0 Å². The lowest BCUT2D eigenvalue weighted by molar-refractivity contribution is -0.170. The summed E-state index contributed by atoms with van der Waals surface area (Å²) in [5, 5.41) is 0. The topological polar surface area (TPSA) is 36.0 Å². The Labute approximate surface area is 104 Å². The first kappa shape index (κ1) is 14.3. The summed E-state index contributed by atoms with van der Waals surface area (Å²) in [5.41, 5.74) is -0.0847. The van der Waals surface area contributed by atoms with Crippen LogP contribution in [0.2, 0.25) is 0 Å². The Morgan fingerprint density at radius 2 is 1.82 bits per heavy atom. The van der Waals surface area contributed by atoms with Crippen LogP contribution in [0, 0.1) is 0 Å². The first-order valence-corrected chi connectivity index (χ1v) is 6.31. The quantitative estimate of drug-likeness (QED) is 0.629. The van der Waals surface area contributed by atoms with Gasteiger partial charge in [-0.2, -0.15) is 0 Å². The van der Waals surface area contributed by atoms with Gasteiger partial charge in [0.25, 0.3) is 0 Å².